The van der Waals surface area contributed by atoms with Gasteiger partial charge in [0.2, 0.25) is 5.91 Å². The lowest BCUT2D eigenvalue weighted by molar-refractivity contribution is -0.152. The Hall–Kier alpha value is -3.35. The molecule has 7 nitrogen and oxygen atoms in total. The molecule has 0 radical (unpaired) electrons. The molecule has 2 aliphatic rings. The van der Waals surface area contributed by atoms with Gasteiger partial charge in [0.05, 0.1) is 0 Å². The average Bonchev–Trinajstić information content (AvgIpc) is 3.54. The topological polar surface area (TPSA) is 95.9 Å². The van der Waals surface area contributed by atoms with Gasteiger partial charge in [-0.2, -0.15) is 0 Å². The van der Waals surface area contributed by atoms with Crippen LogP contribution in [-0.4, -0.2) is 53.2 Å². The van der Waals surface area contributed by atoms with Gasteiger partial charge in [0.1, 0.15) is 18.2 Å². The minimum Gasteiger partial charge on any atom is -0.479 e. The zero-order chi connectivity index (χ0) is 23.0. The van der Waals surface area contributed by atoms with E-state index >= 15 is 0 Å². The van der Waals surface area contributed by atoms with Crippen LogP contribution in [-0.2, 0) is 14.3 Å². The van der Waals surface area contributed by atoms with Crippen molar-refractivity contribution in [2.75, 3.05) is 13.7 Å². The van der Waals surface area contributed by atoms with E-state index in [0.717, 1.165) is 22.3 Å². The van der Waals surface area contributed by atoms with Crippen molar-refractivity contribution in [3.05, 3.63) is 59.7 Å². The molecule has 0 spiro atoms. The average molecular weight is 437 g/mol. The van der Waals surface area contributed by atoms with E-state index in [4.69, 9.17) is 4.74 Å². The Morgan fingerprint density at radius 2 is 1.59 bits per heavy atom. The fourth-order valence-corrected chi connectivity index (χ4v) is 4.51. The molecular formula is C25H28N2O5. The maximum atomic E-state index is 13.0. The number of likely N-dealkylation sites (N-methyl/N-ethyl adjacent to an activating group) is 1. The van der Waals surface area contributed by atoms with Crippen molar-refractivity contribution in [2.45, 2.75) is 44.2 Å². The molecule has 1 saturated carbocycles. The summed E-state index contributed by atoms with van der Waals surface area (Å²) in [5.74, 6) is -1.74. The summed E-state index contributed by atoms with van der Waals surface area (Å²) < 4.78 is 5.56. The third-order valence-electron chi connectivity index (χ3n) is 6.64. The van der Waals surface area contributed by atoms with Crippen molar-refractivity contribution < 1.29 is 24.2 Å². The van der Waals surface area contributed by atoms with Crippen LogP contribution in [0.3, 0.4) is 0 Å². The molecule has 0 aliphatic heterocycles. The number of carboxylic acids is 1. The predicted molar refractivity (Wildman–Crippen MR) is 119 cm³/mol. The van der Waals surface area contributed by atoms with Gasteiger partial charge in [-0.05, 0) is 41.0 Å². The Kier molecular flexibility index (Phi) is 5.67. The molecule has 7 heteroatoms. The summed E-state index contributed by atoms with van der Waals surface area (Å²) in [6.45, 7) is 3.76. The number of rotatable bonds is 7. The summed E-state index contributed by atoms with van der Waals surface area (Å²) in [6, 6.07) is 15.3. The van der Waals surface area contributed by atoms with Crippen molar-refractivity contribution in [2.24, 2.45) is 5.92 Å². The van der Waals surface area contributed by atoms with Crippen LogP contribution in [0.25, 0.3) is 11.1 Å². The van der Waals surface area contributed by atoms with Crippen LogP contribution in [0.4, 0.5) is 4.79 Å². The number of carbonyl (C=O) groups excluding carboxylic acids is 2. The Morgan fingerprint density at radius 3 is 2.06 bits per heavy atom. The number of ether oxygens (including phenoxy) is 1. The molecule has 168 valence electrons. The number of carbonyl (C=O) groups is 3. The zero-order valence-corrected chi connectivity index (χ0v) is 18.5. The van der Waals surface area contributed by atoms with Gasteiger partial charge in [-0.3, -0.25) is 4.79 Å². The molecule has 0 bridgehead atoms. The number of benzene rings is 2. The Bertz CT molecular complexity index is 1010. The van der Waals surface area contributed by atoms with E-state index in [1.54, 1.807) is 13.8 Å². The second-order valence-corrected chi connectivity index (χ2v) is 8.93. The van der Waals surface area contributed by atoms with E-state index in [2.05, 4.69) is 17.4 Å². The number of nitrogens with zero attached hydrogens (tertiary/aromatic N) is 1. The van der Waals surface area contributed by atoms with Gasteiger partial charge < -0.3 is 20.1 Å². The molecule has 32 heavy (non-hydrogen) atoms. The smallest absolute Gasteiger partial charge is 0.407 e. The highest BCUT2D eigenvalue weighted by Gasteiger charge is 2.56. The second kappa shape index (κ2) is 8.30. The van der Waals surface area contributed by atoms with E-state index in [1.165, 1.54) is 11.9 Å². The third-order valence-corrected chi connectivity index (χ3v) is 6.64. The molecule has 2 aliphatic carbocycles. The first-order chi connectivity index (χ1) is 15.3. The van der Waals surface area contributed by atoms with Gasteiger partial charge in [0, 0.05) is 13.0 Å². The molecule has 1 atom stereocenters. The lowest BCUT2D eigenvalue weighted by Gasteiger charge is -2.30. The molecule has 4 rings (SSSR count). The predicted octanol–water partition coefficient (Wildman–Crippen LogP) is 3.63. The van der Waals surface area contributed by atoms with Gasteiger partial charge in [-0.15, -0.1) is 0 Å². The van der Waals surface area contributed by atoms with Crippen molar-refractivity contribution in [1.82, 2.24) is 10.2 Å². The third kappa shape index (κ3) is 3.72. The minimum absolute atomic E-state index is 0.0780. The number of nitrogens with one attached hydrogen (secondary N) is 1. The Balaban J connectivity index is 1.44. The van der Waals surface area contributed by atoms with Gasteiger partial charge in [0.15, 0.2) is 0 Å². The summed E-state index contributed by atoms with van der Waals surface area (Å²) in [5, 5.41) is 12.1. The molecule has 0 unspecified atom stereocenters. The number of fused-ring (bicyclic) bond motifs is 3. The standard InChI is InChI=1S/C25H28N2O5/c1-15(2)21(22(28)27(3)25(12-13-25)23(29)30)26-24(31)32-14-20-18-10-6-4-8-16(18)17-9-5-7-11-19(17)20/h4-11,15,20-21H,12-14H2,1-3H3,(H,26,31)(H,29,30)/t21-/m1/s1. The number of aliphatic carboxylic acids is 1. The molecule has 1 fully saturated rings. The first kappa shape index (κ1) is 21.9. The van der Waals surface area contributed by atoms with E-state index < -0.39 is 29.6 Å². The number of carboxylic acid groups (broad SMARTS) is 1. The highest BCUT2D eigenvalue weighted by Crippen LogP contribution is 2.44. The lowest BCUT2D eigenvalue weighted by atomic mass is 9.98. The van der Waals surface area contributed by atoms with E-state index in [9.17, 15) is 19.5 Å². The number of alkyl carbamates (subject to hydrolysis) is 1. The van der Waals surface area contributed by atoms with E-state index in [0.29, 0.717) is 12.8 Å². The van der Waals surface area contributed by atoms with Gasteiger partial charge in [-0.1, -0.05) is 62.4 Å². The maximum Gasteiger partial charge on any atom is 0.407 e. The van der Waals surface area contributed by atoms with Crippen LogP contribution in [0.1, 0.15) is 43.7 Å². The number of hydrogen-bond donors (Lipinski definition) is 2. The molecule has 0 heterocycles. The molecule has 0 aromatic heterocycles. The van der Waals surface area contributed by atoms with E-state index in [-0.39, 0.29) is 18.4 Å². The van der Waals surface area contributed by atoms with Crippen molar-refractivity contribution in [1.29, 1.82) is 0 Å². The normalized spacial score (nSPS) is 16.6. The highest BCUT2D eigenvalue weighted by molar-refractivity contribution is 5.93. The Morgan fingerprint density at radius 1 is 1.06 bits per heavy atom. The van der Waals surface area contributed by atoms with Crippen LogP contribution < -0.4 is 5.32 Å². The van der Waals surface area contributed by atoms with Gasteiger partial charge >= 0.3 is 12.1 Å². The first-order valence-corrected chi connectivity index (χ1v) is 10.9. The molecular weight excluding hydrogens is 408 g/mol. The molecule has 0 saturated heterocycles. The number of hydrogen-bond acceptors (Lipinski definition) is 4. The van der Waals surface area contributed by atoms with Crippen LogP contribution in [0, 0.1) is 5.92 Å². The molecule has 2 N–H and O–H groups in total. The minimum atomic E-state index is -1.16. The largest absolute Gasteiger partial charge is 0.479 e. The van der Waals surface area contributed by atoms with Crippen molar-refractivity contribution in [3.8, 4) is 11.1 Å². The number of amides is 2. The van der Waals surface area contributed by atoms with Crippen LogP contribution in [0.2, 0.25) is 0 Å². The molecule has 2 aromatic rings. The summed E-state index contributed by atoms with van der Waals surface area (Å²) in [7, 11) is 1.48. The van der Waals surface area contributed by atoms with Gasteiger partial charge in [-0.25, -0.2) is 9.59 Å². The van der Waals surface area contributed by atoms with Crippen LogP contribution in [0.5, 0.6) is 0 Å². The lowest BCUT2D eigenvalue weighted by Crippen LogP contribution is -2.55. The molecule has 2 aromatic carbocycles. The highest BCUT2D eigenvalue weighted by atomic mass is 16.5. The maximum absolute atomic E-state index is 13.0. The fourth-order valence-electron chi connectivity index (χ4n) is 4.51. The molecule has 2 amide bonds. The SMILES string of the molecule is CC(C)[C@@H](NC(=O)OCC1c2ccccc2-c2ccccc21)C(=O)N(C)C1(C(=O)O)CC1. The summed E-state index contributed by atoms with van der Waals surface area (Å²) >= 11 is 0. The summed E-state index contributed by atoms with van der Waals surface area (Å²) in [5.41, 5.74) is 3.33. The van der Waals surface area contributed by atoms with Crippen molar-refractivity contribution in [3.63, 3.8) is 0 Å². The second-order valence-electron chi connectivity index (χ2n) is 8.93. The van der Waals surface area contributed by atoms with Crippen LogP contribution >= 0.6 is 0 Å². The summed E-state index contributed by atoms with van der Waals surface area (Å²) in [6.07, 6.45) is 0.146. The quantitative estimate of drug-likeness (QED) is 0.691. The monoisotopic (exact) mass is 436 g/mol. The van der Waals surface area contributed by atoms with E-state index in [1.807, 2.05) is 36.4 Å². The Labute approximate surface area is 187 Å². The zero-order valence-electron chi connectivity index (χ0n) is 18.5. The van der Waals surface area contributed by atoms with Crippen molar-refractivity contribution >= 4 is 18.0 Å². The summed E-state index contributed by atoms with van der Waals surface area (Å²) in [4.78, 5) is 38.5. The first-order valence-electron chi connectivity index (χ1n) is 10.9. The van der Waals surface area contributed by atoms with Crippen LogP contribution in [0.15, 0.2) is 48.5 Å². The van der Waals surface area contributed by atoms with Gasteiger partial charge in [0.25, 0.3) is 0 Å². The fraction of sp³-hybridized carbons (Fsp3) is 0.400.